The number of aromatic nitrogens is 1. The van der Waals surface area contributed by atoms with E-state index in [1.54, 1.807) is 7.11 Å². The van der Waals surface area contributed by atoms with Gasteiger partial charge in [-0.3, -0.25) is 4.79 Å². The van der Waals surface area contributed by atoms with Crippen LogP contribution in [0.15, 0.2) is 24.3 Å². The second-order valence-corrected chi connectivity index (χ2v) is 4.68. The second-order valence-electron chi connectivity index (χ2n) is 3.48. The second kappa shape index (κ2) is 4.55. The van der Waals surface area contributed by atoms with Crippen molar-refractivity contribution in [1.29, 1.82) is 0 Å². The standard InChI is InChI=1S/C12H12N2O2S/c1-7-14-10(12(13)15)11(17-7)8-5-3-4-6-9(8)16-2/h3-6H,1-2H3,(H2,13,15). The van der Waals surface area contributed by atoms with E-state index in [0.717, 1.165) is 15.4 Å². The maximum atomic E-state index is 11.3. The molecule has 1 heterocycles. The Labute approximate surface area is 103 Å². The first kappa shape index (κ1) is 11.6. The Hall–Kier alpha value is -1.88. The number of benzene rings is 1. The number of ether oxygens (including phenoxy) is 1. The molecule has 1 aromatic carbocycles. The van der Waals surface area contributed by atoms with Crippen molar-refractivity contribution in [3.05, 3.63) is 35.0 Å². The molecule has 0 aliphatic carbocycles. The number of para-hydroxylation sites is 1. The minimum atomic E-state index is -0.518. The number of amides is 1. The van der Waals surface area contributed by atoms with Crippen molar-refractivity contribution in [2.45, 2.75) is 6.92 Å². The van der Waals surface area contributed by atoms with Gasteiger partial charge in [0.05, 0.1) is 17.0 Å². The molecule has 0 spiro atoms. The molecule has 2 rings (SSSR count). The fraction of sp³-hybridized carbons (Fsp3) is 0.167. The molecule has 2 aromatic rings. The number of primary amides is 1. The minimum Gasteiger partial charge on any atom is -0.496 e. The van der Waals surface area contributed by atoms with Crippen molar-refractivity contribution in [3.8, 4) is 16.2 Å². The Kier molecular flexibility index (Phi) is 3.10. The van der Waals surface area contributed by atoms with Crippen LogP contribution in [0.2, 0.25) is 0 Å². The van der Waals surface area contributed by atoms with Crippen LogP contribution in [0.4, 0.5) is 0 Å². The van der Waals surface area contributed by atoms with E-state index in [-0.39, 0.29) is 0 Å². The monoisotopic (exact) mass is 248 g/mol. The molecule has 0 radical (unpaired) electrons. The summed E-state index contributed by atoms with van der Waals surface area (Å²) in [6, 6.07) is 7.49. The molecular formula is C12H12N2O2S. The zero-order valence-corrected chi connectivity index (χ0v) is 10.4. The molecule has 5 heteroatoms. The zero-order valence-electron chi connectivity index (χ0n) is 9.56. The van der Waals surface area contributed by atoms with Gasteiger partial charge >= 0.3 is 0 Å². The van der Waals surface area contributed by atoms with Gasteiger partial charge in [-0.1, -0.05) is 12.1 Å². The molecule has 0 fully saturated rings. The van der Waals surface area contributed by atoms with Crippen molar-refractivity contribution < 1.29 is 9.53 Å². The predicted molar refractivity (Wildman–Crippen MR) is 67.4 cm³/mol. The topological polar surface area (TPSA) is 65.2 Å². The highest BCUT2D eigenvalue weighted by Crippen LogP contribution is 2.36. The molecule has 88 valence electrons. The largest absolute Gasteiger partial charge is 0.496 e. The number of nitrogens with zero attached hydrogens (tertiary/aromatic N) is 1. The van der Waals surface area contributed by atoms with E-state index in [1.165, 1.54) is 11.3 Å². The Bertz CT molecular complexity index is 563. The van der Waals surface area contributed by atoms with Crippen LogP contribution in [0.3, 0.4) is 0 Å². The lowest BCUT2D eigenvalue weighted by Gasteiger charge is -2.06. The number of carbonyl (C=O) groups excluding carboxylic acids is 1. The molecule has 17 heavy (non-hydrogen) atoms. The first-order valence-corrected chi connectivity index (χ1v) is 5.85. The van der Waals surface area contributed by atoms with E-state index in [0.29, 0.717) is 11.4 Å². The molecule has 1 amide bonds. The summed E-state index contributed by atoms with van der Waals surface area (Å²) < 4.78 is 5.27. The van der Waals surface area contributed by atoms with Gasteiger partial charge in [-0.15, -0.1) is 11.3 Å². The third-order valence-corrected chi connectivity index (χ3v) is 3.32. The quantitative estimate of drug-likeness (QED) is 0.905. The normalized spacial score (nSPS) is 10.2. The number of rotatable bonds is 3. The number of aryl methyl sites for hydroxylation is 1. The number of thiazole rings is 1. The van der Waals surface area contributed by atoms with Crippen molar-refractivity contribution in [2.24, 2.45) is 5.73 Å². The SMILES string of the molecule is COc1ccccc1-c1sc(C)nc1C(N)=O. The van der Waals surface area contributed by atoms with Gasteiger partial charge in [0.1, 0.15) is 11.4 Å². The maximum absolute atomic E-state index is 11.3. The average molecular weight is 248 g/mol. The van der Waals surface area contributed by atoms with Gasteiger partial charge in [-0.2, -0.15) is 0 Å². The Balaban J connectivity index is 2.63. The van der Waals surface area contributed by atoms with Crippen molar-refractivity contribution in [1.82, 2.24) is 4.98 Å². The van der Waals surface area contributed by atoms with Crippen LogP contribution in [0.1, 0.15) is 15.5 Å². The van der Waals surface area contributed by atoms with E-state index >= 15 is 0 Å². The number of nitrogens with two attached hydrogens (primary N) is 1. The van der Waals surface area contributed by atoms with Crippen LogP contribution in [-0.4, -0.2) is 18.0 Å². The molecule has 0 aliphatic heterocycles. The van der Waals surface area contributed by atoms with Crippen molar-refractivity contribution >= 4 is 17.2 Å². The van der Waals surface area contributed by atoms with Gasteiger partial charge in [0.15, 0.2) is 0 Å². The summed E-state index contributed by atoms with van der Waals surface area (Å²) >= 11 is 1.43. The lowest BCUT2D eigenvalue weighted by Crippen LogP contribution is -2.12. The molecular weight excluding hydrogens is 236 g/mol. The fourth-order valence-electron chi connectivity index (χ4n) is 1.61. The smallest absolute Gasteiger partial charge is 0.268 e. The molecule has 4 nitrogen and oxygen atoms in total. The first-order chi connectivity index (χ1) is 8.13. The Morgan fingerprint density at radius 1 is 1.41 bits per heavy atom. The minimum absolute atomic E-state index is 0.303. The molecule has 0 unspecified atom stereocenters. The van der Waals surface area contributed by atoms with E-state index in [9.17, 15) is 4.79 Å². The fourth-order valence-corrected chi connectivity index (χ4v) is 2.56. The van der Waals surface area contributed by atoms with Crippen molar-refractivity contribution in [2.75, 3.05) is 7.11 Å². The Morgan fingerprint density at radius 3 is 2.76 bits per heavy atom. The van der Waals surface area contributed by atoms with Crippen LogP contribution in [-0.2, 0) is 0 Å². The van der Waals surface area contributed by atoms with E-state index < -0.39 is 5.91 Å². The van der Waals surface area contributed by atoms with Gasteiger partial charge < -0.3 is 10.5 Å². The third-order valence-electron chi connectivity index (χ3n) is 2.32. The summed E-state index contributed by atoms with van der Waals surface area (Å²) in [5.41, 5.74) is 6.47. The van der Waals surface area contributed by atoms with E-state index in [1.807, 2.05) is 31.2 Å². The molecule has 2 N–H and O–H groups in total. The van der Waals surface area contributed by atoms with Crippen LogP contribution in [0.5, 0.6) is 5.75 Å². The van der Waals surface area contributed by atoms with Crippen LogP contribution in [0, 0.1) is 6.92 Å². The Morgan fingerprint density at radius 2 is 2.12 bits per heavy atom. The summed E-state index contributed by atoms with van der Waals surface area (Å²) in [5.74, 6) is 0.189. The van der Waals surface area contributed by atoms with Gasteiger partial charge in [-0.05, 0) is 19.1 Å². The van der Waals surface area contributed by atoms with Crippen molar-refractivity contribution in [3.63, 3.8) is 0 Å². The lowest BCUT2D eigenvalue weighted by molar-refractivity contribution is 0.0996. The number of methoxy groups -OCH3 is 1. The predicted octanol–water partition coefficient (Wildman–Crippen LogP) is 2.23. The van der Waals surface area contributed by atoms with Gasteiger partial charge in [0.2, 0.25) is 0 Å². The van der Waals surface area contributed by atoms with Crippen LogP contribution >= 0.6 is 11.3 Å². The van der Waals surface area contributed by atoms with Gasteiger partial charge in [-0.25, -0.2) is 4.98 Å². The first-order valence-electron chi connectivity index (χ1n) is 5.04. The summed E-state index contributed by atoms with van der Waals surface area (Å²) in [6.07, 6.45) is 0. The lowest BCUT2D eigenvalue weighted by atomic mass is 10.1. The molecule has 0 atom stereocenters. The number of hydrogen-bond acceptors (Lipinski definition) is 4. The highest BCUT2D eigenvalue weighted by atomic mass is 32.1. The summed E-state index contributed by atoms with van der Waals surface area (Å²) in [5, 5.41) is 0.805. The summed E-state index contributed by atoms with van der Waals surface area (Å²) in [6.45, 7) is 1.84. The highest BCUT2D eigenvalue weighted by molar-refractivity contribution is 7.15. The van der Waals surface area contributed by atoms with Gasteiger partial charge in [0.25, 0.3) is 5.91 Å². The molecule has 0 saturated heterocycles. The van der Waals surface area contributed by atoms with Crippen LogP contribution < -0.4 is 10.5 Å². The number of carbonyl (C=O) groups is 1. The van der Waals surface area contributed by atoms with Gasteiger partial charge in [0, 0.05) is 5.56 Å². The molecule has 0 aliphatic rings. The maximum Gasteiger partial charge on any atom is 0.268 e. The third kappa shape index (κ3) is 2.14. The van der Waals surface area contributed by atoms with E-state index in [4.69, 9.17) is 10.5 Å². The van der Waals surface area contributed by atoms with Crippen LogP contribution in [0.25, 0.3) is 10.4 Å². The molecule has 0 bridgehead atoms. The molecule has 0 saturated carbocycles. The zero-order chi connectivity index (χ0) is 12.4. The summed E-state index contributed by atoms with van der Waals surface area (Å²) in [4.78, 5) is 16.2. The molecule has 1 aromatic heterocycles. The van der Waals surface area contributed by atoms with E-state index in [2.05, 4.69) is 4.98 Å². The summed E-state index contributed by atoms with van der Waals surface area (Å²) in [7, 11) is 1.59. The average Bonchev–Trinajstić information content (AvgIpc) is 2.71. The number of hydrogen-bond donors (Lipinski definition) is 1. The highest BCUT2D eigenvalue weighted by Gasteiger charge is 2.18.